The first-order valence-corrected chi connectivity index (χ1v) is 8.23. The van der Waals surface area contributed by atoms with E-state index in [0.717, 1.165) is 40.6 Å². The van der Waals surface area contributed by atoms with Gasteiger partial charge in [0.15, 0.2) is 11.5 Å². The molecule has 4 heteroatoms. The molecular weight excluding hydrogens is 286 g/mol. The smallest absolute Gasteiger partial charge is 0.162 e. The number of rotatable bonds is 6. The average Bonchev–Trinajstić information content (AvgIpc) is 2.95. The van der Waals surface area contributed by atoms with Gasteiger partial charge in [0.05, 0.1) is 14.2 Å². The summed E-state index contributed by atoms with van der Waals surface area (Å²) in [5, 5.41) is 4.41. The quantitative estimate of drug-likeness (QED) is 0.860. The molecule has 0 bridgehead atoms. The number of halogens is 1. The van der Waals surface area contributed by atoms with E-state index in [9.17, 15) is 0 Å². The van der Waals surface area contributed by atoms with Crippen LogP contribution in [0.3, 0.4) is 0 Å². The lowest BCUT2D eigenvalue weighted by Crippen LogP contribution is -2.24. The van der Waals surface area contributed by atoms with Crippen LogP contribution in [0.2, 0.25) is 5.02 Å². The molecule has 2 fully saturated rings. The Labute approximate surface area is 132 Å². The highest BCUT2D eigenvalue weighted by atomic mass is 35.5. The third-order valence-electron chi connectivity index (χ3n) is 5.12. The minimum absolute atomic E-state index is 0.331. The second-order valence-electron chi connectivity index (χ2n) is 6.10. The summed E-state index contributed by atoms with van der Waals surface area (Å²) in [5.74, 6) is 3.95. The lowest BCUT2D eigenvalue weighted by molar-refractivity contribution is 0.352. The Morgan fingerprint density at radius 2 is 1.81 bits per heavy atom. The first kappa shape index (κ1) is 15.0. The van der Waals surface area contributed by atoms with Gasteiger partial charge in [-0.25, -0.2) is 0 Å². The van der Waals surface area contributed by atoms with Gasteiger partial charge < -0.3 is 14.8 Å². The van der Waals surface area contributed by atoms with Crippen molar-refractivity contribution in [3.8, 4) is 11.5 Å². The lowest BCUT2D eigenvalue weighted by Gasteiger charge is -2.23. The van der Waals surface area contributed by atoms with E-state index in [0.29, 0.717) is 11.8 Å². The molecular formula is C17H24ClNO2. The Morgan fingerprint density at radius 3 is 2.38 bits per heavy atom. The summed E-state index contributed by atoms with van der Waals surface area (Å²) in [5.41, 5.74) is 1.15. The molecule has 0 amide bonds. The predicted octanol–water partition coefficient (Wildman–Crippen LogP) is 4.05. The van der Waals surface area contributed by atoms with Crippen LogP contribution in [0.5, 0.6) is 11.5 Å². The molecule has 3 unspecified atom stereocenters. The van der Waals surface area contributed by atoms with Crippen LogP contribution in [-0.4, -0.2) is 20.8 Å². The number of ether oxygens (including phenoxy) is 2. The number of hydrogen-bond donors (Lipinski definition) is 1. The molecule has 3 atom stereocenters. The van der Waals surface area contributed by atoms with E-state index in [-0.39, 0.29) is 0 Å². The van der Waals surface area contributed by atoms with Gasteiger partial charge in [-0.3, -0.25) is 0 Å². The maximum Gasteiger partial charge on any atom is 0.162 e. The largest absolute Gasteiger partial charge is 0.493 e. The van der Waals surface area contributed by atoms with Crippen LogP contribution in [0.4, 0.5) is 0 Å². The summed E-state index contributed by atoms with van der Waals surface area (Å²) in [7, 11) is 3.31. The van der Waals surface area contributed by atoms with Crippen LogP contribution < -0.4 is 14.8 Å². The summed E-state index contributed by atoms with van der Waals surface area (Å²) in [6.45, 7) is 3.10. The summed E-state index contributed by atoms with van der Waals surface area (Å²) in [4.78, 5) is 0. The maximum absolute atomic E-state index is 6.52. The van der Waals surface area contributed by atoms with Gasteiger partial charge in [0.1, 0.15) is 0 Å². The zero-order valence-electron chi connectivity index (χ0n) is 13.0. The minimum Gasteiger partial charge on any atom is -0.493 e. The first-order valence-electron chi connectivity index (χ1n) is 7.86. The van der Waals surface area contributed by atoms with Crippen LogP contribution in [-0.2, 0) is 0 Å². The molecule has 2 aliphatic rings. The lowest BCUT2D eigenvalue weighted by atomic mass is 9.96. The summed E-state index contributed by atoms with van der Waals surface area (Å²) >= 11 is 6.52. The van der Waals surface area contributed by atoms with Gasteiger partial charge >= 0.3 is 0 Å². The predicted molar refractivity (Wildman–Crippen MR) is 85.3 cm³/mol. The summed E-state index contributed by atoms with van der Waals surface area (Å²) in [6.07, 6.45) is 4.15. The Balaban J connectivity index is 1.92. The van der Waals surface area contributed by atoms with Gasteiger partial charge in [0, 0.05) is 17.1 Å². The fourth-order valence-corrected chi connectivity index (χ4v) is 4.42. The van der Waals surface area contributed by atoms with E-state index in [2.05, 4.69) is 12.2 Å². The van der Waals surface area contributed by atoms with E-state index in [4.69, 9.17) is 21.1 Å². The van der Waals surface area contributed by atoms with Gasteiger partial charge in [0.2, 0.25) is 0 Å². The summed E-state index contributed by atoms with van der Waals surface area (Å²) in [6, 6.07) is 4.25. The highest BCUT2D eigenvalue weighted by Crippen LogP contribution is 2.62. The van der Waals surface area contributed by atoms with Gasteiger partial charge in [0.25, 0.3) is 0 Å². The third-order valence-corrected chi connectivity index (χ3v) is 5.45. The van der Waals surface area contributed by atoms with Crippen molar-refractivity contribution in [2.75, 3.05) is 20.8 Å². The molecule has 1 N–H and O–H groups in total. The van der Waals surface area contributed by atoms with Crippen LogP contribution in [0.15, 0.2) is 12.1 Å². The molecule has 0 radical (unpaired) electrons. The molecule has 116 valence electrons. The van der Waals surface area contributed by atoms with Crippen molar-refractivity contribution < 1.29 is 9.47 Å². The topological polar surface area (TPSA) is 30.5 Å². The van der Waals surface area contributed by atoms with Gasteiger partial charge in [-0.05, 0) is 48.8 Å². The van der Waals surface area contributed by atoms with Crippen molar-refractivity contribution in [3.63, 3.8) is 0 Å². The molecule has 0 aliphatic heterocycles. The number of hydrogen-bond acceptors (Lipinski definition) is 3. The van der Waals surface area contributed by atoms with Crippen molar-refractivity contribution >= 4 is 11.6 Å². The fourth-order valence-electron chi connectivity index (χ4n) is 4.15. The Bertz CT molecular complexity index is 510. The third kappa shape index (κ3) is 2.62. The van der Waals surface area contributed by atoms with Crippen molar-refractivity contribution in [2.45, 2.75) is 32.2 Å². The SMILES string of the molecule is CCNC(c1cc(OC)c(OC)cc1Cl)C1C2CCCC21. The summed E-state index contributed by atoms with van der Waals surface area (Å²) < 4.78 is 10.8. The van der Waals surface area contributed by atoms with Crippen molar-refractivity contribution in [1.82, 2.24) is 5.32 Å². The number of benzene rings is 1. The zero-order chi connectivity index (χ0) is 15.0. The highest BCUT2D eigenvalue weighted by Gasteiger charge is 2.56. The molecule has 2 saturated carbocycles. The van der Waals surface area contributed by atoms with E-state index in [1.165, 1.54) is 19.3 Å². The first-order chi connectivity index (χ1) is 10.2. The van der Waals surface area contributed by atoms with Crippen molar-refractivity contribution in [2.24, 2.45) is 17.8 Å². The maximum atomic E-state index is 6.52. The van der Waals surface area contributed by atoms with E-state index < -0.39 is 0 Å². The van der Waals surface area contributed by atoms with E-state index in [1.807, 2.05) is 12.1 Å². The van der Waals surface area contributed by atoms with Gasteiger partial charge in [-0.2, -0.15) is 0 Å². The fraction of sp³-hybridized carbons (Fsp3) is 0.647. The Hall–Kier alpha value is -0.930. The molecule has 0 heterocycles. The van der Waals surface area contributed by atoms with E-state index >= 15 is 0 Å². The number of methoxy groups -OCH3 is 2. The number of nitrogens with one attached hydrogen (secondary N) is 1. The zero-order valence-corrected chi connectivity index (χ0v) is 13.7. The molecule has 0 spiro atoms. The van der Waals surface area contributed by atoms with Crippen molar-refractivity contribution in [3.05, 3.63) is 22.7 Å². The molecule has 0 saturated heterocycles. The van der Waals surface area contributed by atoms with Gasteiger partial charge in [-0.15, -0.1) is 0 Å². The van der Waals surface area contributed by atoms with Crippen LogP contribution in [0.25, 0.3) is 0 Å². The van der Waals surface area contributed by atoms with Gasteiger partial charge in [-0.1, -0.05) is 24.9 Å². The second kappa shape index (κ2) is 6.05. The standard InChI is InChI=1S/C17H24ClNO2/c1-4-19-17(16-10-6-5-7-11(10)16)12-8-14(20-2)15(21-3)9-13(12)18/h8-11,16-17,19H,4-7H2,1-3H3. The average molecular weight is 310 g/mol. The molecule has 1 aromatic carbocycles. The molecule has 3 rings (SSSR count). The molecule has 2 aliphatic carbocycles. The molecule has 1 aromatic rings. The normalized spacial score (nSPS) is 28.1. The Kier molecular flexibility index (Phi) is 4.32. The molecule has 0 aromatic heterocycles. The van der Waals surface area contributed by atoms with Crippen LogP contribution >= 0.6 is 11.6 Å². The second-order valence-corrected chi connectivity index (χ2v) is 6.51. The molecule has 3 nitrogen and oxygen atoms in total. The van der Waals surface area contributed by atoms with Crippen LogP contribution in [0.1, 0.15) is 37.8 Å². The molecule has 21 heavy (non-hydrogen) atoms. The monoisotopic (exact) mass is 309 g/mol. The van der Waals surface area contributed by atoms with Crippen LogP contribution in [0, 0.1) is 17.8 Å². The highest BCUT2D eigenvalue weighted by molar-refractivity contribution is 6.31. The minimum atomic E-state index is 0.331. The van der Waals surface area contributed by atoms with Crippen molar-refractivity contribution in [1.29, 1.82) is 0 Å². The number of fused-ring (bicyclic) bond motifs is 1. The van der Waals surface area contributed by atoms with E-state index in [1.54, 1.807) is 14.2 Å². The Morgan fingerprint density at radius 1 is 1.19 bits per heavy atom.